The molecule has 0 saturated heterocycles. The average molecular weight is 237 g/mol. The second kappa shape index (κ2) is 9.70. The van der Waals surface area contributed by atoms with Gasteiger partial charge in [0.25, 0.3) is 0 Å². The van der Waals surface area contributed by atoms with Crippen molar-refractivity contribution in [3.8, 4) is 0 Å². The van der Waals surface area contributed by atoms with E-state index < -0.39 is 0 Å². The normalized spacial score (nSPS) is 21.1. The lowest BCUT2D eigenvalue weighted by Gasteiger charge is -2.06. The predicted molar refractivity (Wildman–Crippen MR) is 77.1 cm³/mol. The molecule has 0 aromatic carbocycles. The zero-order valence-electron chi connectivity index (χ0n) is 11.7. The number of allylic oxidation sites excluding steroid dienone is 1. The lowest BCUT2D eigenvalue weighted by molar-refractivity contribution is 0.584. The van der Waals surface area contributed by atoms with E-state index >= 15 is 0 Å². The van der Waals surface area contributed by atoms with Crippen LogP contribution in [-0.2, 0) is 0 Å². The third kappa shape index (κ3) is 7.59. The van der Waals surface area contributed by atoms with E-state index in [1.165, 1.54) is 77.0 Å². The van der Waals surface area contributed by atoms with Crippen molar-refractivity contribution in [2.45, 2.75) is 90.0 Å². The number of rotatable bonds is 8. The molecule has 0 bridgehead atoms. The molecule has 1 aliphatic carbocycles. The van der Waals surface area contributed by atoms with Crippen molar-refractivity contribution in [1.29, 1.82) is 0 Å². The monoisotopic (exact) mass is 237 g/mol. The van der Waals surface area contributed by atoms with Gasteiger partial charge < -0.3 is 5.73 Å². The Morgan fingerprint density at radius 2 is 1.76 bits per heavy atom. The Labute approximate surface area is 108 Å². The van der Waals surface area contributed by atoms with Gasteiger partial charge in [-0.3, -0.25) is 0 Å². The fraction of sp³-hybridized carbons (Fsp3) is 0.875. The SMILES string of the molecule is CCCCCCCCCC1=CC(N)CCCC1. The van der Waals surface area contributed by atoms with Gasteiger partial charge in [-0.2, -0.15) is 0 Å². The summed E-state index contributed by atoms with van der Waals surface area (Å²) in [6, 6.07) is 0.344. The molecule has 1 rings (SSSR count). The molecule has 1 nitrogen and oxygen atoms in total. The third-order valence-corrected chi connectivity index (χ3v) is 3.84. The highest BCUT2D eigenvalue weighted by atomic mass is 14.6. The van der Waals surface area contributed by atoms with Crippen LogP contribution in [0.2, 0.25) is 0 Å². The van der Waals surface area contributed by atoms with E-state index in [4.69, 9.17) is 5.73 Å². The standard InChI is InChI=1S/C16H31N/c1-2-3-4-5-6-7-8-11-15-12-9-10-13-16(17)14-15/h14,16H,2-13,17H2,1H3. The molecule has 1 unspecified atom stereocenters. The maximum absolute atomic E-state index is 6.03. The molecule has 1 aliphatic rings. The van der Waals surface area contributed by atoms with E-state index in [1.54, 1.807) is 5.57 Å². The summed E-state index contributed by atoms with van der Waals surface area (Å²) < 4.78 is 0. The molecule has 0 saturated carbocycles. The molecule has 0 fully saturated rings. The lowest BCUT2D eigenvalue weighted by atomic mass is 10.0. The Bertz CT molecular complexity index is 208. The van der Waals surface area contributed by atoms with Crippen LogP contribution in [0.15, 0.2) is 11.6 Å². The van der Waals surface area contributed by atoms with Gasteiger partial charge in [0.05, 0.1) is 0 Å². The van der Waals surface area contributed by atoms with Gasteiger partial charge in [0.1, 0.15) is 0 Å². The second-order valence-corrected chi connectivity index (χ2v) is 5.61. The highest BCUT2D eigenvalue weighted by Gasteiger charge is 2.07. The first-order chi connectivity index (χ1) is 8.33. The van der Waals surface area contributed by atoms with Crippen LogP contribution in [0.4, 0.5) is 0 Å². The van der Waals surface area contributed by atoms with Crippen LogP contribution in [-0.4, -0.2) is 6.04 Å². The summed E-state index contributed by atoms with van der Waals surface area (Å²) in [7, 11) is 0. The van der Waals surface area contributed by atoms with Crippen molar-refractivity contribution in [1.82, 2.24) is 0 Å². The van der Waals surface area contributed by atoms with Crippen molar-refractivity contribution in [3.05, 3.63) is 11.6 Å². The number of hydrogen-bond donors (Lipinski definition) is 1. The van der Waals surface area contributed by atoms with E-state index in [1.807, 2.05) is 0 Å². The fourth-order valence-electron chi connectivity index (χ4n) is 2.72. The molecular weight excluding hydrogens is 206 g/mol. The molecule has 0 aromatic heterocycles. The van der Waals surface area contributed by atoms with Crippen molar-refractivity contribution >= 4 is 0 Å². The molecule has 0 aromatic rings. The quantitative estimate of drug-likeness (QED) is 0.469. The second-order valence-electron chi connectivity index (χ2n) is 5.61. The minimum absolute atomic E-state index is 0.344. The van der Waals surface area contributed by atoms with Crippen LogP contribution < -0.4 is 5.73 Å². The molecule has 0 heterocycles. The Hall–Kier alpha value is -0.300. The summed E-state index contributed by atoms with van der Waals surface area (Å²) in [5.74, 6) is 0. The van der Waals surface area contributed by atoms with Gasteiger partial charge in [-0.05, 0) is 32.1 Å². The molecule has 0 amide bonds. The largest absolute Gasteiger partial charge is 0.324 e. The van der Waals surface area contributed by atoms with Gasteiger partial charge in [-0.25, -0.2) is 0 Å². The molecule has 0 spiro atoms. The van der Waals surface area contributed by atoms with Gasteiger partial charge in [0.15, 0.2) is 0 Å². The predicted octanol–water partition coefficient (Wildman–Crippen LogP) is 4.95. The molecule has 100 valence electrons. The molecule has 2 N–H and O–H groups in total. The van der Waals surface area contributed by atoms with E-state index in [9.17, 15) is 0 Å². The number of unbranched alkanes of at least 4 members (excludes halogenated alkanes) is 6. The Morgan fingerprint density at radius 3 is 2.53 bits per heavy atom. The summed E-state index contributed by atoms with van der Waals surface area (Å²) in [6.45, 7) is 2.28. The molecule has 0 aliphatic heterocycles. The minimum Gasteiger partial charge on any atom is -0.324 e. The summed E-state index contributed by atoms with van der Waals surface area (Å²) in [5, 5.41) is 0. The van der Waals surface area contributed by atoms with Gasteiger partial charge in [0, 0.05) is 6.04 Å². The van der Waals surface area contributed by atoms with Gasteiger partial charge in [0.2, 0.25) is 0 Å². The van der Waals surface area contributed by atoms with E-state index in [0.29, 0.717) is 6.04 Å². The van der Waals surface area contributed by atoms with Crippen LogP contribution in [0.25, 0.3) is 0 Å². The first-order valence-corrected chi connectivity index (χ1v) is 7.78. The van der Waals surface area contributed by atoms with Crippen molar-refractivity contribution in [2.75, 3.05) is 0 Å². The first-order valence-electron chi connectivity index (χ1n) is 7.78. The first kappa shape index (κ1) is 14.8. The number of hydrogen-bond acceptors (Lipinski definition) is 1. The average Bonchev–Trinajstić information content (AvgIpc) is 2.52. The zero-order chi connectivity index (χ0) is 12.3. The van der Waals surface area contributed by atoms with Crippen LogP contribution in [0.5, 0.6) is 0 Å². The van der Waals surface area contributed by atoms with Gasteiger partial charge >= 0.3 is 0 Å². The van der Waals surface area contributed by atoms with Crippen LogP contribution in [0, 0.1) is 0 Å². The van der Waals surface area contributed by atoms with Crippen molar-refractivity contribution < 1.29 is 0 Å². The molecular formula is C16H31N. The summed E-state index contributed by atoms with van der Waals surface area (Å²) >= 11 is 0. The van der Waals surface area contributed by atoms with E-state index in [2.05, 4.69) is 13.0 Å². The van der Waals surface area contributed by atoms with Crippen LogP contribution in [0.3, 0.4) is 0 Å². The maximum Gasteiger partial charge on any atom is 0.0226 e. The zero-order valence-corrected chi connectivity index (χ0v) is 11.7. The van der Waals surface area contributed by atoms with Crippen LogP contribution >= 0.6 is 0 Å². The number of nitrogens with two attached hydrogens (primary N) is 1. The fourth-order valence-corrected chi connectivity index (χ4v) is 2.72. The van der Waals surface area contributed by atoms with Gasteiger partial charge in [-0.1, -0.05) is 63.5 Å². The van der Waals surface area contributed by atoms with Crippen molar-refractivity contribution in [3.63, 3.8) is 0 Å². The Balaban J connectivity index is 2.01. The Morgan fingerprint density at radius 1 is 1.06 bits per heavy atom. The van der Waals surface area contributed by atoms with E-state index in [-0.39, 0.29) is 0 Å². The molecule has 1 heteroatoms. The summed E-state index contributed by atoms with van der Waals surface area (Å²) in [5.41, 5.74) is 7.68. The summed E-state index contributed by atoms with van der Waals surface area (Å²) in [4.78, 5) is 0. The summed E-state index contributed by atoms with van der Waals surface area (Å²) in [6.07, 6.45) is 18.7. The molecule has 17 heavy (non-hydrogen) atoms. The van der Waals surface area contributed by atoms with E-state index in [0.717, 1.165) is 0 Å². The highest BCUT2D eigenvalue weighted by molar-refractivity contribution is 5.08. The highest BCUT2D eigenvalue weighted by Crippen LogP contribution is 2.21. The smallest absolute Gasteiger partial charge is 0.0226 e. The molecule has 1 atom stereocenters. The maximum atomic E-state index is 6.03. The third-order valence-electron chi connectivity index (χ3n) is 3.84. The minimum atomic E-state index is 0.344. The topological polar surface area (TPSA) is 26.0 Å². The lowest BCUT2D eigenvalue weighted by Crippen LogP contribution is -2.15. The Kier molecular flexibility index (Phi) is 8.42. The molecule has 0 radical (unpaired) electrons. The van der Waals surface area contributed by atoms with Crippen molar-refractivity contribution in [2.24, 2.45) is 5.73 Å². The van der Waals surface area contributed by atoms with Crippen LogP contribution in [0.1, 0.15) is 84.0 Å². The van der Waals surface area contributed by atoms with Gasteiger partial charge in [-0.15, -0.1) is 0 Å².